The van der Waals surface area contributed by atoms with Crippen molar-refractivity contribution in [2.75, 3.05) is 16.9 Å². The number of carbonyl (C=O) groups is 2. The van der Waals surface area contributed by atoms with E-state index in [0.29, 0.717) is 24.3 Å². The van der Waals surface area contributed by atoms with Crippen LogP contribution in [0.3, 0.4) is 0 Å². The molecule has 1 aliphatic heterocycles. The summed E-state index contributed by atoms with van der Waals surface area (Å²) in [5, 5.41) is 0. The SMILES string of the molecule is COc1ccc(C(=O)N2c3ccccc3C(C(=O)N(Cc3ccccc3)c3ccccc3)CC2C)cc1. The van der Waals surface area contributed by atoms with Crippen molar-refractivity contribution in [1.82, 2.24) is 0 Å². The van der Waals surface area contributed by atoms with E-state index in [1.54, 1.807) is 31.4 Å². The summed E-state index contributed by atoms with van der Waals surface area (Å²) in [7, 11) is 1.60. The molecule has 0 aromatic heterocycles. The quantitative estimate of drug-likeness (QED) is 0.312. The Morgan fingerprint density at radius 2 is 1.46 bits per heavy atom. The molecule has 0 aliphatic carbocycles. The Labute approximate surface area is 217 Å². The maximum absolute atomic E-state index is 14.2. The Morgan fingerprint density at radius 1 is 0.838 bits per heavy atom. The van der Waals surface area contributed by atoms with Crippen LogP contribution in [-0.2, 0) is 11.3 Å². The number of para-hydroxylation sites is 2. The van der Waals surface area contributed by atoms with E-state index in [1.165, 1.54) is 0 Å². The molecule has 0 radical (unpaired) electrons. The van der Waals surface area contributed by atoms with Gasteiger partial charge in [0, 0.05) is 23.0 Å². The number of nitrogens with zero attached hydrogens (tertiary/aromatic N) is 2. The number of methoxy groups -OCH3 is 1. The molecule has 4 aromatic rings. The lowest BCUT2D eigenvalue weighted by molar-refractivity contribution is -0.120. The van der Waals surface area contributed by atoms with Crippen molar-refractivity contribution in [3.63, 3.8) is 0 Å². The van der Waals surface area contributed by atoms with E-state index in [9.17, 15) is 9.59 Å². The van der Waals surface area contributed by atoms with Crippen molar-refractivity contribution >= 4 is 23.2 Å². The molecule has 2 amide bonds. The zero-order chi connectivity index (χ0) is 25.8. The van der Waals surface area contributed by atoms with E-state index >= 15 is 0 Å². The first-order valence-corrected chi connectivity index (χ1v) is 12.5. The van der Waals surface area contributed by atoms with Gasteiger partial charge in [-0.3, -0.25) is 9.59 Å². The number of benzene rings is 4. The fourth-order valence-corrected chi connectivity index (χ4v) is 5.09. The van der Waals surface area contributed by atoms with Gasteiger partial charge in [0.25, 0.3) is 5.91 Å². The predicted octanol–water partition coefficient (Wildman–Crippen LogP) is 6.45. The van der Waals surface area contributed by atoms with Crippen molar-refractivity contribution in [1.29, 1.82) is 0 Å². The van der Waals surface area contributed by atoms with Crippen molar-refractivity contribution in [3.05, 3.63) is 126 Å². The number of carbonyl (C=O) groups excluding carboxylic acids is 2. The highest BCUT2D eigenvalue weighted by Gasteiger charge is 2.39. The maximum Gasteiger partial charge on any atom is 0.258 e. The summed E-state index contributed by atoms with van der Waals surface area (Å²) in [6.07, 6.45) is 0.538. The van der Waals surface area contributed by atoms with E-state index in [0.717, 1.165) is 22.5 Å². The molecule has 0 bridgehead atoms. The van der Waals surface area contributed by atoms with E-state index in [2.05, 4.69) is 0 Å². The first-order valence-electron chi connectivity index (χ1n) is 12.5. The first kappa shape index (κ1) is 24.3. The average Bonchev–Trinajstić information content (AvgIpc) is 2.96. The zero-order valence-electron chi connectivity index (χ0n) is 21.1. The maximum atomic E-state index is 14.2. The van der Waals surface area contributed by atoms with Crippen LogP contribution in [0.4, 0.5) is 11.4 Å². The normalized spacial score (nSPS) is 16.5. The summed E-state index contributed by atoms with van der Waals surface area (Å²) in [6.45, 7) is 2.49. The smallest absolute Gasteiger partial charge is 0.258 e. The molecular weight excluding hydrogens is 460 g/mol. The predicted molar refractivity (Wildman–Crippen MR) is 147 cm³/mol. The van der Waals surface area contributed by atoms with Crippen molar-refractivity contribution in [2.45, 2.75) is 31.8 Å². The van der Waals surface area contributed by atoms with Crippen LogP contribution in [0.25, 0.3) is 0 Å². The van der Waals surface area contributed by atoms with Gasteiger partial charge in [-0.1, -0.05) is 66.7 Å². The molecule has 0 spiro atoms. The van der Waals surface area contributed by atoms with Gasteiger partial charge in [0.2, 0.25) is 5.91 Å². The number of amides is 2. The Morgan fingerprint density at radius 3 is 2.14 bits per heavy atom. The van der Waals surface area contributed by atoms with Crippen LogP contribution >= 0.6 is 0 Å². The Balaban J connectivity index is 1.50. The van der Waals surface area contributed by atoms with Gasteiger partial charge in [-0.15, -0.1) is 0 Å². The third-order valence-corrected chi connectivity index (χ3v) is 6.96. The van der Waals surface area contributed by atoms with Crippen LogP contribution in [-0.4, -0.2) is 25.0 Å². The van der Waals surface area contributed by atoms with Crippen LogP contribution in [0, 0.1) is 0 Å². The molecule has 186 valence electrons. The number of anilines is 2. The molecule has 37 heavy (non-hydrogen) atoms. The van der Waals surface area contributed by atoms with Crippen LogP contribution < -0.4 is 14.5 Å². The second-order valence-electron chi connectivity index (χ2n) is 9.35. The summed E-state index contributed by atoms with van der Waals surface area (Å²) in [5.74, 6) is 0.285. The van der Waals surface area contributed by atoms with Crippen LogP contribution in [0.1, 0.15) is 40.7 Å². The number of hydrogen-bond donors (Lipinski definition) is 0. The van der Waals surface area contributed by atoms with E-state index in [1.807, 2.05) is 102 Å². The highest BCUT2D eigenvalue weighted by Crippen LogP contribution is 2.41. The minimum absolute atomic E-state index is 0.0332. The second-order valence-corrected chi connectivity index (χ2v) is 9.35. The topological polar surface area (TPSA) is 49.9 Å². The summed E-state index contributed by atoms with van der Waals surface area (Å²) < 4.78 is 5.25. The number of fused-ring (bicyclic) bond motifs is 1. The molecule has 0 N–H and O–H groups in total. The Bertz CT molecular complexity index is 1370. The molecule has 0 saturated carbocycles. The molecule has 5 rings (SSSR count). The Kier molecular flexibility index (Phi) is 7.04. The fraction of sp³-hybridized carbons (Fsp3) is 0.188. The molecule has 5 heteroatoms. The van der Waals surface area contributed by atoms with Gasteiger partial charge in [0.15, 0.2) is 0 Å². The van der Waals surface area contributed by atoms with Gasteiger partial charge in [0.05, 0.1) is 19.6 Å². The summed E-state index contributed by atoms with van der Waals surface area (Å²) in [5.41, 5.74) is 4.17. The lowest BCUT2D eigenvalue weighted by Gasteiger charge is -2.40. The number of ether oxygens (including phenoxy) is 1. The van der Waals surface area contributed by atoms with Crippen LogP contribution in [0.15, 0.2) is 109 Å². The molecule has 0 saturated heterocycles. The molecule has 0 fully saturated rings. The first-order chi connectivity index (χ1) is 18.1. The Hall–Kier alpha value is -4.38. The fourth-order valence-electron chi connectivity index (χ4n) is 5.09. The van der Waals surface area contributed by atoms with Gasteiger partial charge >= 0.3 is 0 Å². The van der Waals surface area contributed by atoms with Crippen molar-refractivity contribution in [2.24, 2.45) is 0 Å². The summed E-state index contributed by atoms with van der Waals surface area (Å²) >= 11 is 0. The lowest BCUT2D eigenvalue weighted by atomic mass is 9.84. The van der Waals surface area contributed by atoms with Crippen molar-refractivity contribution < 1.29 is 14.3 Å². The molecular formula is C32H30N2O3. The summed E-state index contributed by atoms with van der Waals surface area (Å²) in [4.78, 5) is 31.6. The molecule has 4 aromatic carbocycles. The van der Waals surface area contributed by atoms with Gasteiger partial charge in [-0.25, -0.2) is 0 Å². The van der Waals surface area contributed by atoms with Gasteiger partial charge in [0.1, 0.15) is 5.75 Å². The van der Waals surface area contributed by atoms with Crippen LogP contribution in [0.2, 0.25) is 0 Å². The number of hydrogen-bond acceptors (Lipinski definition) is 3. The second kappa shape index (κ2) is 10.7. The lowest BCUT2D eigenvalue weighted by Crippen LogP contribution is -2.46. The van der Waals surface area contributed by atoms with Gasteiger partial charge in [-0.2, -0.15) is 0 Å². The molecule has 1 aliphatic rings. The molecule has 1 heterocycles. The van der Waals surface area contributed by atoms with E-state index < -0.39 is 0 Å². The minimum Gasteiger partial charge on any atom is -0.497 e. The largest absolute Gasteiger partial charge is 0.497 e. The van der Waals surface area contributed by atoms with Crippen molar-refractivity contribution in [3.8, 4) is 5.75 Å². The molecule has 5 nitrogen and oxygen atoms in total. The molecule has 2 unspecified atom stereocenters. The highest BCUT2D eigenvalue weighted by molar-refractivity contribution is 6.09. The highest BCUT2D eigenvalue weighted by atomic mass is 16.5. The van der Waals surface area contributed by atoms with Gasteiger partial charge in [-0.05, 0) is 66.9 Å². The molecule has 2 atom stereocenters. The minimum atomic E-state index is -0.366. The average molecular weight is 491 g/mol. The summed E-state index contributed by atoms with van der Waals surface area (Å²) in [6, 6.07) is 34.6. The monoisotopic (exact) mass is 490 g/mol. The van der Waals surface area contributed by atoms with E-state index in [4.69, 9.17) is 4.74 Å². The van der Waals surface area contributed by atoms with E-state index in [-0.39, 0.29) is 23.8 Å². The zero-order valence-corrected chi connectivity index (χ0v) is 21.1. The number of rotatable bonds is 6. The van der Waals surface area contributed by atoms with Gasteiger partial charge < -0.3 is 14.5 Å². The standard InChI is InChI=1S/C32H30N2O3/c1-23-21-29(32(36)33(26-13-7-4-8-14-26)22-24-11-5-3-6-12-24)28-15-9-10-16-30(28)34(23)31(35)25-17-19-27(37-2)20-18-25/h3-20,23,29H,21-22H2,1-2H3. The van der Waals surface area contributed by atoms with Crippen LogP contribution in [0.5, 0.6) is 5.75 Å². The third-order valence-electron chi connectivity index (χ3n) is 6.96. The third kappa shape index (κ3) is 4.98.